The van der Waals surface area contributed by atoms with E-state index in [1.807, 2.05) is 161 Å². The molecule has 0 spiro atoms. The second-order valence-electron chi connectivity index (χ2n) is 25.7. The van der Waals surface area contributed by atoms with Gasteiger partial charge in [0, 0.05) is 98.0 Å². The molecule has 4 aromatic carbocycles. The van der Waals surface area contributed by atoms with E-state index in [2.05, 4.69) is 0 Å². The van der Waals surface area contributed by atoms with Crippen LogP contribution in [0.15, 0.2) is 109 Å². The summed E-state index contributed by atoms with van der Waals surface area (Å²) >= 11 is 0. The number of carbonyl (C=O) groups is 6. The van der Waals surface area contributed by atoms with Crippen molar-refractivity contribution >= 4 is 57.2 Å². The predicted octanol–water partition coefficient (Wildman–Crippen LogP) is 9.51. The summed E-state index contributed by atoms with van der Waals surface area (Å²) < 4.78 is 29.3. The van der Waals surface area contributed by atoms with Crippen molar-refractivity contribution in [3.05, 3.63) is 109 Å². The number of amides is 4. The number of methoxy groups -OCH3 is 3. The fraction of sp³-hybridized carbons (Fsp3) is 0.500. The minimum Gasteiger partial charge on any atom is -0.870 e. The number of rotatable bonds is 16. The second-order valence-corrected chi connectivity index (χ2v) is 25.7. The second kappa shape index (κ2) is 32.7. The summed E-state index contributed by atoms with van der Waals surface area (Å²) in [4.78, 5) is 97.6. The smallest absolute Gasteiger partial charge is 0.870 e. The Balaban J connectivity index is 0.000000317. The average Bonchev–Trinajstić information content (AvgIpc) is 2.28. The van der Waals surface area contributed by atoms with Gasteiger partial charge in [0.2, 0.25) is 23.6 Å². The molecule has 4 amide bonds. The molecular weight excluding hydrogens is 1150 g/mol. The van der Waals surface area contributed by atoms with Crippen molar-refractivity contribution in [2.75, 3.05) is 60.6 Å². The van der Waals surface area contributed by atoms with Gasteiger partial charge in [-0.3, -0.25) is 24.0 Å². The molecule has 4 fully saturated rings. The SMILES string of the molecule is C.C.COC(=O)[C@@H]1C[C@@H](Oc2cc(-c3ccccc3)nc3cc(OC)ccc23)CN1C(=O)[C@@H](CC(=O)N1CCCCC1)C(C)(C)C.COc1ccc2c(O[C@@H]3C[C@@H](C(C)=O)N(C(=O)[C@@H](CC(=O)N4CCCCC4)C(C)(C)C)C3)cc(-c3ccccc3)nc2c1.[Li+].[OH-]. The summed E-state index contributed by atoms with van der Waals surface area (Å²) in [7, 11) is 4.56. The Kier molecular flexibility index (Phi) is 26.6. The molecule has 18 nitrogen and oxygen atoms in total. The van der Waals surface area contributed by atoms with Gasteiger partial charge in [-0.25, -0.2) is 14.8 Å². The molecule has 6 atom stereocenters. The fourth-order valence-electron chi connectivity index (χ4n) is 12.5. The molecule has 10 rings (SSSR count). The summed E-state index contributed by atoms with van der Waals surface area (Å²) in [6.07, 6.45) is 6.26. The molecule has 4 aliphatic rings. The van der Waals surface area contributed by atoms with Crippen LogP contribution in [0.2, 0.25) is 0 Å². The number of hydrogen-bond donors (Lipinski definition) is 0. The molecule has 6 aromatic rings. The summed E-state index contributed by atoms with van der Waals surface area (Å²) in [6, 6.07) is 33.4. The minimum absolute atomic E-state index is 0. The number of hydrogen-bond acceptors (Lipinski definition) is 14. The van der Waals surface area contributed by atoms with E-state index in [0.29, 0.717) is 34.9 Å². The number of piperidine rings is 2. The first-order valence-electron chi connectivity index (χ1n) is 30.8. The Labute approximate surface area is 550 Å². The van der Waals surface area contributed by atoms with E-state index in [-0.39, 0.29) is 101 Å². The number of Topliss-reactive ketones (excluding diaryl/α,β-unsaturated/α-hetero) is 1. The first-order chi connectivity index (χ1) is 41.6. The average molecular weight is 1240 g/mol. The summed E-state index contributed by atoms with van der Waals surface area (Å²) in [5, 5.41) is 1.62. The predicted molar refractivity (Wildman–Crippen MR) is 351 cm³/mol. The third-order valence-corrected chi connectivity index (χ3v) is 17.6. The molecule has 0 saturated carbocycles. The fourth-order valence-corrected chi connectivity index (χ4v) is 12.5. The zero-order valence-electron chi connectivity index (χ0n) is 53.8. The van der Waals surface area contributed by atoms with Crippen LogP contribution in [0, 0.1) is 22.7 Å². The van der Waals surface area contributed by atoms with E-state index in [4.69, 9.17) is 33.7 Å². The zero-order chi connectivity index (χ0) is 62.2. The van der Waals surface area contributed by atoms with Gasteiger partial charge in [0.1, 0.15) is 41.2 Å². The van der Waals surface area contributed by atoms with E-state index >= 15 is 0 Å². The number of benzene rings is 4. The maximum Gasteiger partial charge on any atom is 1.00 e. The Hall–Kier alpha value is -7.52. The molecule has 1 N–H and O–H groups in total. The molecule has 0 radical (unpaired) electrons. The molecular formula is C72H95LiN6O12. The van der Waals surface area contributed by atoms with Crippen LogP contribution in [0.3, 0.4) is 0 Å². The number of carbonyl (C=O) groups excluding carboxylic acids is 6. The normalized spacial score (nSPS) is 18.7. The minimum atomic E-state index is -0.811. The number of nitrogens with zero attached hydrogens (tertiary/aromatic N) is 6. The number of aromatic nitrogens is 2. The number of esters is 1. The maximum atomic E-state index is 14.2. The van der Waals surface area contributed by atoms with Crippen molar-refractivity contribution in [2.45, 2.75) is 152 Å². The van der Waals surface area contributed by atoms with Gasteiger partial charge in [0.15, 0.2) is 5.78 Å². The Morgan fingerprint density at radius 1 is 0.527 bits per heavy atom. The van der Waals surface area contributed by atoms with Gasteiger partial charge in [-0.15, -0.1) is 0 Å². The molecule has 6 heterocycles. The molecule has 4 aliphatic heterocycles. The van der Waals surface area contributed by atoms with E-state index in [9.17, 15) is 28.8 Å². The van der Waals surface area contributed by atoms with Crippen LogP contribution in [0.5, 0.6) is 23.0 Å². The number of likely N-dealkylation sites (tertiary alicyclic amines) is 4. The van der Waals surface area contributed by atoms with Crippen LogP contribution in [0.4, 0.5) is 0 Å². The van der Waals surface area contributed by atoms with Gasteiger partial charge in [0.05, 0.1) is 74.7 Å². The first kappa shape index (κ1) is 74.2. The van der Waals surface area contributed by atoms with Crippen LogP contribution >= 0.6 is 0 Å². The van der Waals surface area contributed by atoms with Gasteiger partial charge in [-0.2, -0.15) is 0 Å². The molecule has 486 valence electrons. The number of ether oxygens (including phenoxy) is 5. The Bertz CT molecular complexity index is 3430. The van der Waals surface area contributed by atoms with Gasteiger partial charge in [-0.1, -0.05) is 117 Å². The number of fused-ring (bicyclic) bond motifs is 2. The maximum absolute atomic E-state index is 14.2. The zero-order valence-corrected chi connectivity index (χ0v) is 53.8. The largest absolute Gasteiger partial charge is 1.00 e. The van der Waals surface area contributed by atoms with Crippen molar-refractivity contribution in [3.63, 3.8) is 0 Å². The molecule has 2 aromatic heterocycles. The monoisotopic (exact) mass is 1240 g/mol. The van der Waals surface area contributed by atoms with Crippen LogP contribution in [0.1, 0.15) is 128 Å². The molecule has 0 bridgehead atoms. The summed E-state index contributed by atoms with van der Waals surface area (Å²) in [5.41, 5.74) is 3.88. The van der Waals surface area contributed by atoms with E-state index in [1.165, 1.54) is 14.0 Å². The third-order valence-electron chi connectivity index (χ3n) is 17.6. The molecule has 0 unspecified atom stereocenters. The van der Waals surface area contributed by atoms with Crippen molar-refractivity contribution < 1.29 is 76.8 Å². The Morgan fingerprint density at radius 3 is 1.25 bits per heavy atom. The van der Waals surface area contributed by atoms with Crippen LogP contribution < -0.4 is 37.8 Å². The van der Waals surface area contributed by atoms with Gasteiger partial charge >= 0.3 is 24.8 Å². The summed E-state index contributed by atoms with van der Waals surface area (Å²) in [6.45, 7) is 16.8. The van der Waals surface area contributed by atoms with Gasteiger partial charge in [0.25, 0.3) is 0 Å². The molecule has 0 aliphatic carbocycles. The standard InChI is InChI=1S/C35H43N3O6.C35H43N3O5.2CH4.Li.H2O/c1-35(2,3)27(20-32(39)37-16-10-7-11-17-37)33(40)38-22-25(19-30(38)34(41)43-5)44-31-21-28(23-12-8-6-9-13-23)36-29-18-24(42-4)14-15-26(29)31;1-23(39)31-19-26(22-38(31)34(41)28(35(2,3)4)20-33(40)37-16-10-7-11-17-37)43-32-21-29(24-12-8-6-9-13-24)36-30-18-25(42-5)14-15-27(30)32;;;;/h6,8-9,12-15,18,21,25,27,30H,7,10-11,16-17,19-20,22H2,1-5H3;6,8-9,12-15,18,21,26,28,31H,7,10-11,16-17,19-20,22H2,1-5H3;2*1H4;;1H2/q;;;;+1;/p-1/t25-,27-,30+;26-,28-,31+;;;;/m11..../s1. The number of ketones is 1. The third kappa shape index (κ3) is 18.0. The molecule has 91 heavy (non-hydrogen) atoms. The molecule has 4 saturated heterocycles. The van der Waals surface area contributed by atoms with E-state index in [0.717, 1.165) is 104 Å². The van der Waals surface area contributed by atoms with Crippen molar-refractivity contribution in [2.24, 2.45) is 22.7 Å². The van der Waals surface area contributed by atoms with Crippen molar-refractivity contribution in [1.29, 1.82) is 0 Å². The van der Waals surface area contributed by atoms with Crippen molar-refractivity contribution in [3.8, 4) is 45.5 Å². The van der Waals surface area contributed by atoms with Crippen LogP contribution in [-0.2, 0) is 33.5 Å². The Morgan fingerprint density at radius 2 is 0.901 bits per heavy atom. The van der Waals surface area contributed by atoms with E-state index < -0.39 is 52.9 Å². The van der Waals surface area contributed by atoms with Gasteiger partial charge in [-0.05, 0) is 80.5 Å². The quantitative estimate of drug-likeness (QED) is 0.0651. The van der Waals surface area contributed by atoms with Crippen molar-refractivity contribution in [1.82, 2.24) is 29.6 Å². The van der Waals surface area contributed by atoms with Crippen LogP contribution in [-0.4, -0.2) is 155 Å². The molecule has 19 heteroatoms. The first-order valence-corrected chi connectivity index (χ1v) is 30.8. The number of pyridine rings is 2. The summed E-state index contributed by atoms with van der Waals surface area (Å²) in [5.74, 6) is 0.540. The van der Waals surface area contributed by atoms with Crippen LogP contribution in [0.25, 0.3) is 44.3 Å². The topological polar surface area (TPSA) is 217 Å². The van der Waals surface area contributed by atoms with E-state index in [1.54, 1.807) is 24.0 Å². The van der Waals surface area contributed by atoms with Gasteiger partial charge < -0.3 is 48.8 Å².